The number of carbonyl (C=O) groups excluding carboxylic acids is 1. The zero-order valence-corrected chi connectivity index (χ0v) is 18.5. The molecule has 1 aromatic heterocycles. The molecule has 1 heterocycles. The van der Waals surface area contributed by atoms with Gasteiger partial charge in [0.15, 0.2) is 0 Å². The van der Waals surface area contributed by atoms with E-state index in [2.05, 4.69) is 25.2 Å². The lowest BCUT2D eigenvalue weighted by Crippen LogP contribution is -2.35. The van der Waals surface area contributed by atoms with E-state index in [0.717, 1.165) is 23.1 Å². The van der Waals surface area contributed by atoms with Gasteiger partial charge in [0.2, 0.25) is 10.0 Å². The number of anilines is 1. The van der Waals surface area contributed by atoms with Crippen LogP contribution >= 0.6 is 0 Å². The van der Waals surface area contributed by atoms with Gasteiger partial charge in [-0.2, -0.15) is 0 Å². The standard InChI is InChI=1S/C21H27N5O3S/c1-24(15-20-22-18-7-5-6-8-19(18)26(20)3)13-14-25(2)21(27)16-9-11-17(12-10-16)23-30(4,28)29/h5-12,23H,13-15H2,1-4H3. The summed E-state index contributed by atoms with van der Waals surface area (Å²) in [5.74, 6) is 0.860. The Labute approximate surface area is 177 Å². The number of likely N-dealkylation sites (N-methyl/N-ethyl adjacent to an activating group) is 2. The molecule has 3 aromatic rings. The second-order valence-corrected chi connectivity index (χ2v) is 9.24. The Kier molecular flexibility index (Phi) is 6.42. The molecule has 3 rings (SSSR count). The van der Waals surface area contributed by atoms with E-state index >= 15 is 0 Å². The highest BCUT2D eigenvalue weighted by atomic mass is 32.2. The Hall–Kier alpha value is -2.91. The van der Waals surface area contributed by atoms with Crippen molar-refractivity contribution in [2.24, 2.45) is 7.05 Å². The van der Waals surface area contributed by atoms with Gasteiger partial charge < -0.3 is 9.47 Å². The number of aromatic nitrogens is 2. The van der Waals surface area contributed by atoms with Crippen LogP contribution in [0.4, 0.5) is 5.69 Å². The molecule has 0 saturated heterocycles. The maximum Gasteiger partial charge on any atom is 0.253 e. The molecule has 0 spiro atoms. The Morgan fingerprint density at radius 2 is 1.73 bits per heavy atom. The molecule has 0 atom stereocenters. The van der Waals surface area contributed by atoms with Crippen LogP contribution in [0.3, 0.4) is 0 Å². The average Bonchev–Trinajstić information content (AvgIpc) is 3.00. The second kappa shape index (κ2) is 8.85. The normalized spacial score (nSPS) is 11.8. The van der Waals surface area contributed by atoms with E-state index in [1.807, 2.05) is 32.3 Å². The molecule has 9 heteroatoms. The van der Waals surface area contributed by atoms with E-state index < -0.39 is 10.0 Å². The zero-order chi connectivity index (χ0) is 21.9. The maximum absolute atomic E-state index is 12.6. The minimum atomic E-state index is -3.34. The van der Waals surface area contributed by atoms with Gasteiger partial charge in [-0.1, -0.05) is 12.1 Å². The van der Waals surface area contributed by atoms with Crippen molar-refractivity contribution in [1.82, 2.24) is 19.4 Å². The quantitative estimate of drug-likeness (QED) is 0.593. The summed E-state index contributed by atoms with van der Waals surface area (Å²) in [5, 5.41) is 0. The lowest BCUT2D eigenvalue weighted by Gasteiger charge is -2.22. The van der Waals surface area contributed by atoms with Crippen LogP contribution in [-0.4, -0.2) is 67.1 Å². The molecule has 0 aliphatic heterocycles. The number of para-hydroxylation sites is 2. The summed E-state index contributed by atoms with van der Waals surface area (Å²) in [6.07, 6.45) is 1.09. The molecule has 1 N–H and O–H groups in total. The van der Waals surface area contributed by atoms with Gasteiger partial charge in [0.25, 0.3) is 5.91 Å². The number of carbonyl (C=O) groups is 1. The number of rotatable bonds is 8. The number of sulfonamides is 1. The molecule has 160 valence electrons. The lowest BCUT2D eigenvalue weighted by atomic mass is 10.2. The molecule has 0 fully saturated rings. The van der Waals surface area contributed by atoms with Crippen LogP contribution in [-0.2, 0) is 23.6 Å². The molecule has 0 aliphatic rings. The first kappa shape index (κ1) is 21.8. The summed E-state index contributed by atoms with van der Waals surface area (Å²) < 4.78 is 27.0. The minimum Gasteiger partial charge on any atom is -0.340 e. The van der Waals surface area contributed by atoms with E-state index in [1.165, 1.54) is 0 Å². The van der Waals surface area contributed by atoms with Crippen LogP contribution < -0.4 is 4.72 Å². The fraction of sp³-hybridized carbons (Fsp3) is 0.333. The molecule has 0 saturated carbocycles. The van der Waals surface area contributed by atoms with Crippen molar-refractivity contribution in [2.45, 2.75) is 6.54 Å². The van der Waals surface area contributed by atoms with Gasteiger partial charge in [0.05, 0.1) is 23.8 Å². The van der Waals surface area contributed by atoms with Gasteiger partial charge in [0, 0.05) is 38.4 Å². The first-order chi connectivity index (χ1) is 14.1. The van der Waals surface area contributed by atoms with Crippen LogP contribution in [0, 0.1) is 0 Å². The first-order valence-corrected chi connectivity index (χ1v) is 11.5. The van der Waals surface area contributed by atoms with Crippen LogP contribution in [0.1, 0.15) is 16.2 Å². The lowest BCUT2D eigenvalue weighted by molar-refractivity contribution is 0.0781. The number of hydrogen-bond acceptors (Lipinski definition) is 5. The third kappa shape index (κ3) is 5.37. The van der Waals surface area contributed by atoms with Gasteiger partial charge in [-0.3, -0.25) is 14.4 Å². The second-order valence-electron chi connectivity index (χ2n) is 7.49. The summed E-state index contributed by atoms with van der Waals surface area (Å²) >= 11 is 0. The van der Waals surface area contributed by atoms with Gasteiger partial charge in [-0.15, -0.1) is 0 Å². The first-order valence-electron chi connectivity index (χ1n) is 9.56. The van der Waals surface area contributed by atoms with Crippen molar-refractivity contribution in [1.29, 1.82) is 0 Å². The number of aryl methyl sites for hydroxylation is 1. The summed E-state index contributed by atoms with van der Waals surface area (Å²) in [7, 11) is 2.43. The Bertz CT molecular complexity index is 1140. The van der Waals surface area contributed by atoms with Crippen LogP contribution in [0.5, 0.6) is 0 Å². The van der Waals surface area contributed by atoms with Crippen molar-refractivity contribution in [2.75, 3.05) is 38.2 Å². The summed E-state index contributed by atoms with van der Waals surface area (Å²) in [6.45, 7) is 1.93. The highest BCUT2D eigenvalue weighted by Crippen LogP contribution is 2.15. The van der Waals surface area contributed by atoms with Gasteiger partial charge in [-0.25, -0.2) is 13.4 Å². The van der Waals surface area contributed by atoms with Crippen molar-refractivity contribution in [3.05, 3.63) is 59.9 Å². The predicted molar refractivity (Wildman–Crippen MR) is 119 cm³/mol. The minimum absolute atomic E-state index is 0.114. The predicted octanol–water partition coefficient (Wildman–Crippen LogP) is 2.15. The van der Waals surface area contributed by atoms with Crippen molar-refractivity contribution in [3.8, 4) is 0 Å². The van der Waals surface area contributed by atoms with Crippen LogP contribution in [0.15, 0.2) is 48.5 Å². The molecule has 0 aliphatic carbocycles. The molecular weight excluding hydrogens is 402 g/mol. The number of nitrogens with zero attached hydrogens (tertiary/aromatic N) is 4. The maximum atomic E-state index is 12.6. The number of nitrogens with one attached hydrogen (secondary N) is 1. The van der Waals surface area contributed by atoms with Crippen LogP contribution in [0.2, 0.25) is 0 Å². The van der Waals surface area contributed by atoms with Crippen molar-refractivity contribution < 1.29 is 13.2 Å². The number of fused-ring (bicyclic) bond motifs is 1. The monoisotopic (exact) mass is 429 g/mol. The number of benzene rings is 2. The van der Waals surface area contributed by atoms with Crippen molar-refractivity contribution >= 4 is 32.7 Å². The Morgan fingerprint density at radius 3 is 2.37 bits per heavy atom. The smallest absolute Gasteiger partial charge is 0.253 e. The molecule has 1 amide bonds. The van der Waals surface area contributed by atoms with E-state index in [-0.39, 0.29) is 5.91 Å². The summed E-state index contributed by atoms with van der Waals surface area (Å²) in [5.41, 5.74) is 3.01. The fourth-order valence-corrected chi connectivity index (χ4v) is 3.76. The molecule has 0 bridgehead atoms. The van der Waals surface area contributed by atoms with E-state index in [0.29, 0.717) is 30.9 Å². The molecule has 0 unspecified atom stereocenters. The highest BCUT2D eigenvalue weighted by Gasteiger charge is 2.14. The zero-order valence-electron chi connectivity index (χ0n) is 17.7. The summed E-state index contributed by atoms with van der Waals surface area (Å²) in [4.78, 5) is 21.1. The third-order valence-electron chi connectivity index (χ3n) is 4.89. The topological polar surface area (TPSA) is 87.5 Å². The Morgan fingerprint density at radius 1 is 1.07 bits per heavy atom. The number of imidazole rings is 1. The van der Waals surface area contributed by atoms with Gasteiger partial charge in [0.1, 0.15) is 5.82 Å². The van der Waals surface area contributed by atoms with E-state index in [1.54, 1.807) is 36.2 Å². The number of hydrogen-bond donors (Lipinski definition) is 1. The highest BCUT2D eigenvalue weighted by molar-refractivity contribution is 7.92. The molecule has 0 radical (unpaired) electrons. The van der Waals surface area contributed by atoms with Crippen molar-refractivity contribution in [3.63, 3.8) is 0 Å². The molecule has 2 aromatic carbocycles. The van der Waals surface area contributed by atoms with Gasteiger partial charge in [-0.05, 0) is 43.4 Å². The SMILES string of the molecule is CN(CCN(C)C(=O)c1ccc(NS(C)(=O)=O)cc1)Cc1nc2ccccc2n1C. The average molecular weight is 430 g/mol. The Balaban J connectivity index is 1.55. The summed E-state index contributed by atoms with van der Waals surface area (Å²) in [6, 6.07) is 14.4. The molecular formula is C21H27N5O3S. The largest absolute Gasteiger partial charge is 0.340 e. The number of amides is 1. The molecule has 8 nitrogen and oxygen atoms in total. The van der Waals surface area contributed by atoms with E-state index in [4.69, 9.17) is 0 Å². The fourth-order valence-electron chi connectivity index (χ4n) is 3.19. The van der Waals surface area contributed by atoms with Crippen LogP contribution in [0.25, 0.3) is 11.0 Å². The van der Waals surface area contributed by atoms with Gasteiger partial charge >= 0.3 is 0 Å². The van der Waals surface area contributed by atoms with E-state index in [9.17, 15) is 13.2 Å². The third-order valence-corrected chi connectivity index (χ3v) is 5.50. The molecule has 30 heavy (non-hydrogen) atoms.